The number of halogens is 1. The van der Waals surface area contributed by atoms with Crippen molar-refractivity contribution in [1.29, 1.82) is 0 Å². The highest BCUT2D eigenvalue weighted by Crippen LogP contribution is 2.40. The Labute approximate surface area is 185 Å². The molecule has 0 bridgehead atoms. The number of benzene rings is 2. The number of carbonyl (C=O) groups excluding carboxylic acids is 1. The molecule has 1 unspecified atom stereocenters. The fraction of sp³-hybridized carbons (Fsp3) is 0.208. The third kappa shape index (κ3) is 3.99. The van der Waals surface area contributed by atoms with E-state index >= 15 is 0 Å². The number of methoxy groups -OCH3 is 1. The molecule has 6 nitrogen and oxygen atoms in total. The highest BCUT2D eigenvalue weighted by Gasteiger charge is 2.34. The summed E-state index contributed by atoms with van der Waals surface area (Å²) in [7, 11) is 1.59. The average molecular weight is 437 g/mol. The minimum atomic E-state index is -0.978. The molecule has 1 fully saturated rings. The van der Waals surface area contributed by atoms with Gasteiger partial charge in [0, 0.05) is 40.7 Å². The maximum Gasteiger partial charge on any atom is 0.326 e. The Bertz CT molecular complexity index is 1150. The van der Waals surface area contributed by atoms with Crippen molar-refractivity contribution in [2.24, 2.45) is 0 Å². The summed E-state index contributed by atoms with van der Waals surface area (Å²) >= 11 is 6.50. The van der Waals surface area contributed by atoms with Gasteiger partial charge in [-0.1, -0.05) is 35.9 Å². The van der Waals surface area contributed by atoms with Crippen LogP contribution in [0.5, 0.6) is 5.75 Å². The molecule has 1 amide bonds. The summed E-state index contributed by atoms with van der Waals surface area (Å²) in [5.41, 5.74) is 3.49. The van der Waals surface area contributed by atoms with Crippen LogP contribution in [0.4, 0.5) is 0 Å². The van der Waals surface area contributed by atoms with Gasteiger partial charge in [0.25, 0.3) is 5.91 Å². The number of hydrogen-bond donors (Lipinski definition) is 1. The summed E-state index contributed by atoms with van der Waals surface area (Å²) in [4.78, 5) is 30.4. The summed E-state index contributed by atoms with van der Waals surface area (Å²) < 4.78 is 5.51. The first-order chi connectivity index (χ1) is 15.0. The van der Waals surface area contributed by atoms with Crippen LogP contribution >= 0.6 is 11.6 Å². The zero-order valence-corrected chi connectivity index (χ0v) is 17.7. The van der Waals surface area contributed by atoms with Gasteiger partial charge in [0.1, 0.15) is 11.8 Å². The molecule has 0 radical (unpaired) electrons. The van der Waals surface area contributed by atoms with Crippen molar-refractivity contribution in [3.05, 3.63) is 71.5 Å². The molecule has 1 N–H and O–H groups in total. The molecule has 2 aromatic carbocycles. The normalized spacial score (nSPS) is 15.7. The number of aliphatic carboxylic acids is 1. The Kier molecular flexibility index (Phi) is 5.91. The molecule has 158 valence electrons. The maximum absolute atomic E-state index is 13.2. The number of carboxylic acid groups (broad SMARTS) is 1. The molecular weight excluding hydrogens is 416 g/mol. The fourth-order valence-corrected chi connectivity index (χ4v) is 4.25. The predicted octanol–water partition coefficient (Wildman–Crippen LogP) is 4.77. The van der Waals surface area contributed by atoms with Gasteiger partial charge in [-0.3, -0.25) is 9.78 Å². The molecule has 1 atom stereocenters. The van der Waals surface area contributed by atoms with Gasteiger partial charge in [0.15, 0.2) is 0 Å². The largest absolute Gasteiger partial charge is 0.496 e. The van der Waals surface area contributed by atoms with Gasteiger partial charge in [0.2, 0.25) is 0 Å². The molecular formula is C24H21ClN2O4. The van der Waals surface area contributed by atoms with E-state index in [-0.39, 0.29) is 5.91 Å². The summed E-state index contributed by atoms with van der Waals surface area (Å²) in [5.74, 6) is -0.635. The Morgan fingerprint density at radius 1 is 1.10 bits per heavy atom. The maximum atomic E-state index is 13.2. The molecule has 0 saturated carbocycles. The van der Waals surface area contributed by atoms with Crippen molar-refractivity contribution in [3.63, 3.8) is 0 Å². The Hall–Kier alpha value is -3.38. The molecule has 4 rings (SSSR count). The number of hydrogen-bond acceptors (Lipinski definition) is 4. The van der Waals surface area contributed by atoms with Gasteiger partial charge in [-0.05, 0) is 48.2 Å². The third-order valence-electron chi connectivity index (χ3n) is 5.52. The van der Waals surface area contributed by atoms with Crippen LogP contribution in [-0.2, 0) is 4.79 Å². The molecule has 1 aliphatic heterocycles. The van der Waals surface area contributed by atoms with E-state index < -0.39 is 12.0 Å². The van der Waals surface area contributed by atoms with Crippen LogP contribution in [0.25, 0.3) is 22.3 Å². The van der Waals surface area contributed by atoms with E-state index in [2.05, 4.69) is 4.98 Å². The second-order valence-electron chi connectivity index (χ2n) is 7.31. The fourth-order valence-electron chi connectivity index (χ4n) is 4.01. The van der Waals surface area contributed by atoms with Gasteiger partial charge in [0.05, 0.1) is 7.11 Å². The first kappa shape index (κ1) is 20.9. The smallest absolute Gasteiger partial charge is 0.326 e. The predicted molar refractivity (Wildman–Crippen MR) is 118 cm³/mol. The number of ether oxygens (including phenoxy) is 1. The van der Waals surface area contributed by atoms with Crippen molar-refractivity contribution in [2.45, 2.75) is 18.9 Å². The van der Waals surface area contributed by atoms with Crippen LogP contribution in [0, 0.1) is 0 Å². The molecule has 1 aliphatic rings. The summed E-state index contributed by atoms with van der Waals surface area (Å²) in [6.07, 6.45) is 4.49. The number of aromatic nitrogens is 1. The lowest BCUT2D eigenvalue weighted by molar-refractivity contribution is -0.141. The van der Waals surface area contributed by atoms with E-state index in [4.69, 9.17) is 16.3 Å². The lowest BCUT2D eigenvalue weighted by Gasteiger charge is -2.22. The van der Waals surface area contributed by atoms with E-state index in [0.717, 1.165) is 22.3 Å². The lowest BCUT2D eigenvalue weighted by Crippen LogP contribution is -2.40. The van der Waals surface area contributed by atoms with E-state index in [9.17, 15) is 14.7 Å². The van der Waals surface area contributed by atoms with Crippen molar-refractivity contribution < 1.29 is 19.4 Å². The molecule has 1 saturated heterocycles. The molecule has 2 heterocycles. The molecule has 31 heavy (non-hydrogen) atoms. The van der Waals surface area contributed by atoms with Crippen LogP contribution in [-0.4, -0.2) is 46.6 Å². The first-order valence-corrected chi connectivity index (χ1v) is 10.3. The number of rotatable bonds is 5. The van der Waals surface area contributed by atoms with Crippen LogP contribution in [0.3, 0.4) is 0 Å². The van der Waals surface area contributed by atoms with Gasteiger partial charge in [-0.2, -0.15) is 0 Å². The monoisotopic (exact) mass is 436 g/mol. The summed E-state index contributed by atoms with van der Waals surface area (Å²) in [6, 6.07) is 13.7. The summed E-state index contributed by atoms with van der Waals surface area (Å²) in [6.45, 7) is 0.426. The minimum absolute atomic E-state index is 0.303. The highest BCUT2D eigenvalue weighted by molar-refractivity contribution is 6.33. The molecule has 0 aliphatic carbocycles. The van der Waals surface area contributed by atoms with Gasteiger partial charge in [-0.15, -0.1) is 0 Å². The van der Waals surface area contributed by atoms with Crippen LogP contribution < -0.4 is 4.74 Å². The molecule has 7 heteroatoms. The highest BCUT2D eigenvalue weighted by atomic mass is 35.5. The van der Waals surface area contributed by atoms with E-state index in [1.807, 2.05) is 24.3 Å². The van der Waals surface area contributed by atoms with Gasteiger partial charge in [-0.25, -0.2) is 4.79 Å². The van der Waals surface area contributed by atoms with E-state index in [1.54, 1.807) is 43.8 Å². The number of nitrogens with zero attached hydrogens (tertiary/aromatic N) is 2. The first-order valence-electron chi connectivity index (χ1n) is 9.92. The quantitative estimate of drug-likeness (QED) is 0.623. The molecule has 0 spiro atoms. The zero-order valence-electron chi connectivity index (χ0n) is 16.9. The van der Waals surface area contributed by atoms with Gasteiger partial charge >= 0.3 is 5.97 Å². The van der Waals surface area contributed by atoms with Crippen LogP contribution in [0.15, 0.2) is 60.9 Å². The Balaban J connectivity index is 1.86. The topological polar surface area (TPSA) is 79.7 Å². The standard InChI is InChI=1S/C24H21ClN2O4/c1-31-22-10-11-26-14-19(22)16-9-8-15(13-18(16)17-5-2-3-6-20(17)25)23(28)27-12-4-7-21(27)24(29)30/h2-3,5-6,8-11,13-14,21H,4,7,12H2,1H3,(H,29,30). The second-order valence-corrected chi connectivity index (χ2v) is 7.72. The molecule has 3 aromatic rings. The Morgan fingerprint density at radius 2 is 1.90 bits per heavy atom. The SMILES string of the molecule is COc1ccncc1-c1ccc(C(=O)N2CCCC2C(=O)O)cc1-c1ccccc1Cl. The number of pyridine rings is 1. The van der Waals surface area contributed by atoms with Crippen molar-refractivity contribution >= 4 is 23.5 Å². The number of likely N-dealkylation sites (tertiary alicyclic amines) is 1. The van der Waals surface area contributed by atoms with Gasteiger partial charge < -0.3 is 14.7 Å². The zero-order chi connectivity index (χ0) is 22.0. The van der Waals surface area contributed by atoms with E-state index in [0.29, 0.717) is 35.7 Å². The Morgan fingerprint density at radius 3 is 2.65 bits per heavy atom. The van der Waals surface area contributed by atoms with Crippen molar-refractivity contribution in [3.8, 4) is 28.0 Å². The summed E-state index contributed by atoms with van der Waals surface area (Å²) in [5, 5.41) is 10.0. The minimum Gasteiger partial charge on any atom is -0.496 e. The second kappa shape index (κ2) is 8.78. The molecule has 1 aromatic heterocycles. The van der Waals surface area contributed by atoms with E-state index in [1.165, 1.54) is 4.90 Å². The number of carbonyl (C=O) groups is 2. The van der Waals surface area contributed by atoms with Crippen LogP contribution in [0.2, 0.25) is 5.02 Å². The number of carboxylic acids is 1. The average Bonchev–Trinajstić information content (AvgIpc) is 3.29. The van der Waals surface area contributed by atoms with Crippen LogP contribution in [0.1, 0.15) is 23.2 Å². The van der Waals surface area contributed by atoms with Crippen molar-refractivity contribution in [2.75, 3.05) is 13.7 Å². The van der Waals surface area contributed by atoms with Crippen molar-refractivity contribution in [1.82, 2.24) is 9.88 Å². The lowest BCUT2D eigenvalue weighted by atomic mass is 9.92. The number of amides is 1. The third-order valence-corrected chi connectivity index (χ3v) is 5.85.